The molecule has 2 atom stereocenters. The maximum Gasteiger partial charge on any atom is 0.293 e. The molecule has 2 heterocycles. The number of fused-ring (bicyclic) bond motifs is 2. The summed E-state index contributed by atoms with van der Waals surface area (Å²) >= 11 is 5.86. The number of hydrogen-bond acceptors (Lipinski definition) is 4. The van der Waals surface area contributed by atoms with E-state index in [4.69, 9.17) is 11.6 Å². The number of hydrogen-bond donors (Lipinski definition) is 1. The fraction of sp³-hybridized carbons (Fsp3) is 0.600. The van der Waals surface area contributed by atoms with Crippen LogP contribution in [0.25, 0.3) is 0 Å². The molecule has 1 aromatic carbocycles. The molecule has 0 spiro atoms. The summed E-state index contributed by atoms with van der Waals surface area (Å²) in [5.41, 5.74) is 0.642. The summed E-state index contributed by atoms with van der Waals surface area (Å²) in [5, 5.41) is 14.9. The van der Waals surface area contributed by atoms with Gasteiger partial charge in [0.15, 0.2) is 0 Å². The van der Waals surface area contributed by atoms with Crippen LogP contribution in [0.3, 0.4) is 0 Å². The van der Waals surface area contributed by atoms with Crippen molar-refractivity contribution < 1.29 is 4.92 Å². The molecule has 0 radical (unpaired) electrons. The molecule has 5 nitrogen and oxygen atoms in total. The van der Waals surface area contributed by atoms with E-state index in [1.165, 1.54) is 25.3 Å². The molecule has 1 N–H and O–H groups in total. The summed E-state index contributed by atoms with van der Waals surface area (Å²) in [6, 6.07) is 6.33. The Morgan fingerprint density at radius 1 is 1.33 bits per heavy atom. The van der Waals surface area contributed by atoms with Gasteiger partial charge in [0.2, 0.25) is 0 Å². The van der Waals surface area contributed by atoms with Crippen LogP contribution in [0.1, 0.15) is 32.1 Å². The van der Waals surface area contributed by atoms with Crippen molar-refractivity contribution >= 4 is 23.0 Å². The largest absolute Gasteiger partial charge is 0.377 e. The number of benzene rings is 1. The maximum absolute atomic E-state index is 11.2. The highest BCUT2D eigenvalue weighted by Gasteiger charge is 2.36. The molecule has 114 valence electrons. The van der Waals surface area contributed by atoms with Crippen LogP contribution in [-0.4, -0.2) is 35.0 Å². The van der Waals surface area contributed by atoms with E-state index in [2.05, 4.69) is 17.3 Å². The van der Waals surface area contributed by atoms with Crippen molar-refractivity contribution in [3.8, 4) is 0 Å². The summed E-state index contributed by atoms with van der Waals surface area (Å²) in [6.07, 6.45) is 5.86. The minimum absolute atomic E-state index is 0.0617. The van der Waals surface area contributed by atoms with Crippen LogP contribution >= 0.6 is 11.6 Å². The van der Waals surface area contributed by atoms with Gasteiger partial charge in [0.1, 0.15) is 5.69 Å². The molecule has 2 fully saturated rings. The number of halogens is 1. The van der Waals surface area contributed by atoms with Crippen molar-refractivity contribution in [1.82, 2.24) is 4.90 Å². The van der Waals surface area contributed by atoms with E-state index in [-0.39, 0.29) is 10.6 Å². The van der Waals surface area contributed by atoms with Crippen molar-refractivity contribution in [3.05, 3.63) is 33.3 Å². The summed E-state index contributed by atoms with van der Waals surface area (Å²) in [4.78, 5) is 13.3. The van der Waals surface area contributed by atoms with Crippen molar-refractivity contribution in [2.45, 2.75) is 50.2 Å². The fourth-order valence-electron chi connectivity index (χ4n) is 3.73. The summed E-state index contributed by atoms with van der Waals surface area (Å²) in [5.74, 6) is 0. The number of piperidine rings is 2. The van der Waals surface area contributed by atoms with Crippen LogP contribution in [0.15, 0.2) is 18.2 Å². The lowest BCUT2D eigenvalue weighted by Gasteiger charge is -2.47. The Kier molecular flexibility index (Phi) is 4.04. The van der Waals surface area contributed by atoms with Crippen LogP contribution in [-0.2, 0) is 0 Å². The fourth-order valence-corrected chi connectivity index (χ4v) is 3.90. The lowest BCUT2D eigenvalue weighted by molar-refractivity contribution is -0.384. The molecule has 6 heteroatoms. The van der Waals surface area contributed by atoms with Gasteiger partial charge in [0.05, 0.1) is 4.92 Å². The van der Waals surface area contributed by atoms with E-state index in [0.717, 1.165) is 12.8 Å². The Balaban J connectivity index is 1.77. The predicted molar refractivity (Wildman–Crippen MR) is 83.9 cm³/mol. The van der Waals surface area contributed by atoms with Gasteiger partial charge in [-0.15, -0.1) is 0 Å². The summed E-state index contributed by atoms with van der Waals surface area (Å²) < 4.78 is 0. The molecule has 0 aromatic heterocycles. The van der Waals surface area contributed by atoms with Gasteiger partial charge in [0, 0.05) is 29.2 Å². The van der Waals surface area contributed by atoms with E-state index in [9.17, 15) is 10.1 Å². The topological polar surface area (TPSA) is 58.4 Å². The molecule has 1 aromatic rings. The Hall–Kier alpha value is -1.33. The first kappa shape index (κ1) is 14.6. The molecule has 0 amide bonds. The maximum atomic E-state index is 11.2. The van der Waals surface area contributed by atoms with E-state index >= 15 is 0 Å². The third-order valence-corrected chi connectivity index (χ3v) is 5.09. The Morgan fingerprint density at radius 2 is 2.00 bits per heavy atom. The summed E-state index contributed by atoms with van der Waals surface area (Å²) in [7, 11) is 2.20. The van der Waals surface area contributed by atoms with Gasteiger partial charge < -0.3 is 10.2 Å². The molecule has 21 heavy (non-hydrogen) atoms. The minimum Gasteiger partial charge on any atom is -0.377 e. The standard InChI is InChI=1S/C15H20ClN3O2/c1-18-12-3-2-4-13(18)9-11(8-12)17-14-6-5-10(16)7-15(14)19(20)21/h5-7,11-13,17H,2-4,8-9H2,1H3. The quantitative estimate of drug-likeness (QED) is 0.683. The normalized spacial score (nSPS) is 29.1. The molecular weight excluding hydrogens is 290 g/mol. The SMILES string of the molecule is CN1C2CCCC1CC(Nc1ccc(Cl)cc1[N+](=O)[O-])C2. The molecule has 3 rings (SSSR count). The number of nitrogens with one attached hydrogen (secondary N) is 1. The van der Waals surface area contributed by atoms with Crippen molar-refractivity contribution in [1.29, 1.82) is 0 Å². The Morgan fingerprint density at radius 3 is 2.62 bits per heavy atom. The lowest BCUT2D eigenvalue weighted by atomic mass is 9.82. The molecule has 2 bridgehead atoms. The second-order valence-electron chi connectivity index (χ2n) is 6.14. The van der Waals surface area contributed by atoms with Gasteiger partial charge in [-0.2, -0.15) is 0 Å². The first-order valence-electron chi connectivity index (χ1n) is 7.47. The van der Waals surface area contributed by atoms with E-state index in [1.54, 1.807) is 12.1 Å². The molecule has 2 aliphatic heterocycles. The first-order chi connectivity index (χ1) is 10.0. The zero-order chi connectivity index (χ0) is 15.0. The highest BCUT2D eigenvalue weighted by atomic mass is 35.5. The number of nitrogens with zero attached hydrogens (tertiary/aromatic N) is 2. The number of nitro groups is 1. The first-order valence-corrected chi connectivity index (χ1v) is 7.85. The van der Waals surface area contributed by atoms with Crippen LogP contribution < -0.4 is 5.32 Å². The average molecular weight is 310 g/mol. The third kappa shape index (κ3) is 2.99. The molecule has 2 aliphatic rings. The zero-order valence-corrected chi connectivity index (χ0v) is 12.8. The van der Waals surface area contributed by atoms with Gasteiger partial charge >= 0.3 is 0 Å². The van der Waals surface area contributed by atoms with Crippen LogP contribution in [0.2, 0.25) is 5.02 Å². The van der Waals surface area contributed by atoms with Gasteiger partial charge in [-0.05, 0) is 44.9 Å². The second kappa shape index (κ2) is 5.81. The molecule has 2 unspecified atom stereocenters. The highest BCUT2D eigenvalue weighted by molar-refractivity contribution is 6.30. The van der Waals surface area contributed by atoms with Crippen molar-refractivity contribution in [3.63, 3.8) is 0 Å². The minimum atomic E-state index is -0.371. The molecular formula is C15H20ClN3O2. The zero-order valence-electron chi connectivity index (χ0n) is 12.1. The van der Waals surface area contributed by atoms with E-state index < -0.39 is 0 Å². The van der Waals surface area contributed by atoms with Crippen LogP contribution in [0.4, 0.5) is 11.4 Å². The monoisotopic (exact) mass is 309 g/mol. The molecule has 2 saturated heterocycles. The number of nitro benzene ring substituents is 1. The van der Waals surface area contributed by atoms with E-state index in [0.29, 0.717) is 28.8 Å². The number of rotatable bonds is 3. The van der Waals surface area contributed by atoms with Gasteiger partial charge in [-0.25, -0.2) is 0 Å². The smallest absolute Gasteiger partial charge is 0.293 e. The van der Waals surface area contributed by atoms with Crippen LogP contribution in [0, 0.1) is 10.1 Å². The lowest BCUT2D eigenvalue weighted by Crippen LogP contribution is -2.52. The second-order valence-corrected chi connectivity index (χ2v) is 6.57. The predicted octanol–water partition coefficient (Wildman–Crippen LogP) is 3.68. The average Bonchev–Trinajstić information content (AvgIpc) is 2.41. The van der Waals surface area contributed by atoms with Gasteiger partial charge in [-0.3, -0.25) is 10.1 Å². The molecule has 0 aliphatic carbocycles. The Labute approximate surface area is 129 Å². The molecule has 0 saturated carbocycles. The Bertz CT molecular complexity index is 538. The van der Waals surface area contributed by atoms with Crippen LogP contribution in [0.5, 0.6) is 0 Å². The van der Waals surface area contributed by atoms with Crippen molar-refractivity contribution in [2.75, 3.05) is 12.4 Å². The highest BCUT2D eigenvalue weighted by Crippen LogP contribution is 2.35. The number of anilines is 1. The summed E-state index contributed by atoms with van der Waals surface area (Å²) in [6.45, 7) is 0. The van der Waals surface area contributed by atoms with Gasteiger partial charge in [-0.1, -0.05) is 18.0 Å². The van der Waals surface area contributed by atoms with Gasteiger partial charge in [0.25, 0.3) is 5.69 Å². The van der Waals surface area contributed by atoms with E-state index in [1.807, 2.05) is 0 Å². The third-order valence-electron chi connectivity index (χ3n) is 4.86. The van der Waals surface area contributed by atoms with Crippen molar-refractivity contribution in [2.24, 2.45) is 0 Å².